The molecule has 0 radical (unpaired) electrons. The van der Waals surface area contributed by atoms with E-state index in [4.69, 9.17) is 0 Å². The molecule has 0 heterocycles. The zero-order chi connectivity index (χ0) is 15.1. The van der Waals surface area contributed by atoms with Crippen LogP contribution in [0, 0.1) is 5.92 Å². The third kappa shape index (κ3) is 5.38. The highest BCUT2D eigenvalue weighted by Gasteiger charge is 2.04. The van der Waals surface area contributed by atoms with Crippen molar-refractivity contribution < 1.29 is 0 Å². The maximum atomic E-state index is 2.37. The summed E-state index contributed by atoms with van der Waals surface area (Å²) < 4.78 is 0. The normalized spacial score (nSPS) is 12.6. The fourth-order valence-corrected chi connectivity index (χ4v) is 2.84. The number of hydrogen-bond acceptors (Lipinski definition) is 0. The molecule has 0 spiro atoms. The molecule has 0 amide bonds. The lowest BCUT2D eigenvalue weighted by molar-refractivity contribution is 0.508. The molecule has 0 aliphatic rings. The second-order valence-corrected chi connectivity index (χ2v) is 6.58. The first-order valence-electron chi connectivity index (χ1n) is 8.28. The Bertz CT molecular complexity index is 507. The van der Waals surface area contributed by atoms with Crippen LogP contribution in [-0.2, 0) is 12.8 Å². The first-order valence-corrected chi connectivity index (χ1v) is 8.28. The number of aryl methyl sites for hydroxylation is 1. The zero-order valence-corrected chi connectivity index (χ0v) is 13.7. The molecule has 1 atom stereocenters. The molecule has 0 nitrogen and oxygen atoms in total. The van der Waals surface area contributed by atoms with Crippen LogP contribution in [0.3, 0.4) is 0 Å². The molecule has 0 saturated heterocycles. The van der Waals surface area contributed by atoms with Crippen LogP contribution < -0.4 is 0 Å². The van der Waals surface area contributed by atoms with E-state index < -0.39 is 0 Å². The molecule has 2 rings (SSSR count). The van der Waals surface area contributed by atoms with Crippen LogP contribution >= 0.6 is 0 Å². The van der Waals surface area contributed by atoms with E-state index in [-0.39, 0.29) is 0 Å². The SMILES string of the molecule is CC(CCCc1ccc(C(C)C)cc1)Cc1ccccc1. The van der Waals surface area contributed by atoms with Crippen molar-refractivity contribution in [2.45, 2.75) is 52.4 Å². The van der Waals surface area contributed by atoms with Gasteiger partial charge in [0.15, 0.2) is 0 Å². The molecule has 1 unspecified atom stereocenters. The van der Waals surface area contributed by atoms with Crippen molar-refractivity contribution in [3.8, 4) is 0 Å². The predicted molar refractivity (Wildman–Crippen MR) is 92.8 cm³/mol. The first kappa shape index (κ1) is 15.8. The van der Waals surface area contributed by atoms with Gasteiger partial charge in [0, 0.05) is 0 Å². The lowest BCUT2D eigenvalue weighted by Gasteiger charge is -2.12. The summed E-state index contributed by atoms with van der Waals surface area (Å²) in [5.74, 6) is 1.40. The molecule has 0 N–H and O–H groups in total. The van der Waals surface area contributed by atoms with Crippen molar-refractivity contribution in [2.75, 3.05) is 0 Å². The average molecular weight is 280 g/mol. The Morgan fingerprint density at radius 2 is 1.43 bits per heavy atom. The Hall–Kier alpha value is -1.56. The fraction of sp³-hybridized carbons (Fsp3) is 0.429. The Balaban J connectivity index is 1.73. The largest absolute Gasteiger partial charge is 0.0622 e. The van der Waals surface area contributed by atoms with Gasteiger partial charge in [-0.05, 0) is 47.8 Å². The Kier molecular flexibility index (Phi) is 6.04. The van der Waals surface area contributed by atoms with Crippen LogP contribution in [0.5, 0.6) is 0 Å². The molecule has 0 heteroatoms. The summed E-state index contributed by atoms with van der Waals surface area (Å²) >= 11 is 0. The molecule has 0 fully saturated rings. The summed E-state index contributed by atoms with van der Waals surface area (Å²) in [5, 5.41) is 0. The molecule has 2 aromatic carbocycles. The van der Waals surface area contributed by atoms with Gasteiger partial charge < -0.3 is 0 Å². The second-order valence-electron chi connectivity index (χ2n) is 6.58. The maximum Gasteiger partial charge on any atom is -0.0219 e. The summed E-state index contributed by atoms with van der Waals surface area (Å²) in [6, 6.07) is 20.0. The van der Waals surface area contributed by atoms with Gasteiger partial charge in [-0.15, -0.1) is 0 Å². The molecule has 0 bridgehead atoms. The van der Waals surface area contributed by atoms with Crippen molar-refractivity contribution in [2.24, 2.45) is 5.92 Å². The van der Waals surface area contributed by atoms with Gasteiger partial charge in [-0.1, -0.05) is 81.8 Å². The molecule has 0 saturated carbocycles. The Morgan fingerprint density at radius 1 is 0.762 bits per heavy atom. The number of rotatable bonds is 7. The average Bonchev–Trinajstić information content (AvgIpc) is 2.49. The molecule has 0 aliphatic carbocycles. The molecule has 0 aliphatic heterocycles. The van der Waals surface area contributed by atoms with Crippen molar-refractivity contribution in [1.29, 1.82) is 0 Å². The lowest BCUT2D eigenvalue weighted by atomic mass is 9.94. The summed E-state index contributed by atoms with van der Waals surface area (Å²) in [5.41, 5.74) is 4.38. The van der Waals surface area contributed by atoms with Crippen molar-refractivity contribution in [3.05, 3.63) is 71.3 Å². The van der Waals surface area contributed by atoms with Crippen LogP contribution in [0.15, 0.2) is 54.6 Å². The van der Waals surface area contributed by atoms with Crippen LogP contribution in [-0.4, -0.2) is 0 Å². The van der Waals surface area contributed by atoms with Crippen molar-refractivity contribution >= 4 is 0 Å². The lowest BCUT2D eigenvalue weighted by Crippen LogP contribution is -2.00. The minimum Gasteiger partial charge on any atom is -0.0622 e. The molecule has 21 heavy (non-hydrogen) atoms. The number of benzene rings is 2. The van der Waals surface area contributed by atoms with E-state index >= 15 is 0 Å². The molecule has 2 aromatic rings. The minimum absolute atomic E-state index is 0.630. The summed E-state index contributed by atoms with van der Waals surface area (Å²) in [4.78, 5) is 0. The van der Waals surface area contributed by atoms with Crippen LogP contribution in [0.25, 0.3) is 0 Å². The highest BCUT2D eigenvalue weighted by atomic mass is 14.1. The molecule has 112 valence electrons. The van der Waals surface area contributed by atoms with E-state index in [0.29, 0.717) is 5.92 Å². The summed E-state index contributed by atoms with van der Waals surface area (Å²) in [6.45, 7) is 6.87. The van der Waals surface area contributed by atoms with E-state index in [1.165, 1.54) is 42.4 Å². The zero-order valence-electron chi connectivity index (χ0n) is 13.7. The Labute approximate surface area is 130 Å². The predicted octanol–water partition coefficient (Wildman–Crippen LogP) is 6.01. The van der Waals surface area contributed by atoms with Gasteiger partial charge in [-0.25, -0.2) is 0 Å². The van der Waals surface area contributed by atoms with Crippen LogP contribution in [0.2, 0.25) is 0 Å². The topological polar surface area (TPSA) is 0 Å². The van der Waals surface area contributed by atoms with Gasteiger partial charge in [0.05, 0.1) is 0 Å². The third-order valence-corrected chi connectivity index (χ3v) is 4.24. The van der Waals surface area contributed by atoms with Gasteiger partial charge in [-0.3, -0.25) is 0 Å². The van der Waals surface area contributed by atoms with E-state index in [1.54, 1.807) is 0 Å². The first-order chi connectivity index (χ1) is 10.1. The Morgan fingerprint density at radius 3 is 2.05 bits per heavy atom. The van der Waals surface area contributed by atoms with Gasteiger partial charge in [-0.2, -0.15) is 0 Å². The summed E-state index contributed by atoms with van der Waals surface area (Å²) in [7, 11) is 0. The van der Waals surface area contributed by atoms with Crippen LogP contribution in [0.1, 0.15) is 56.2 Å². The molecule has 0 aromatic heterocycles. The third-order valence-electron chi connectivity index (χ3n) is 4.24. The standard InChI is InChI=1S/C21H28/c1-17(2)21-14-12-19(13-15-21)11-7-8-18(3)16-20-9-5-4-6-10-20/h4-6,9-10,12-15,17-18H,7-8,11,16H2,1-3H3. The quantitative estimate of drug-likeness (QED) is 0.582. The van der Waals surface area contributed by atoms with E-state index in [9.17, 15) is 0 Å². The second kappa shape index (κ2) is 8.02. The molecular weight excluding hydrogens is 252 g/mol. The minimum atomic E-state index is 0.630. The number of hydrogen-bond donors (Lipinski definition) is 0. The van der Waals surface area contributed by atoms with Gasteiger partial charge in [0.2, 0.25) is 0 Å². The van der Waals surface area contributed by atoms with E-state index in [1.807, 2.05) is 0 Å². The highest BCUT2D eigenvalue weighted by Crippen LogP contribution is 2.18. The molecular formula is C21H28. The van der Waals surface area contributed by atoms with Crippen molar-refractivity contribution in [1.82, 2.24) is 0 Å². The maximum absolute atomic E-state index is 2.37. The van der Waals surface area contributed by atoms with Gasteiger partial charge in [0.25, 0.3) is 0 Å². The highest BCUT2D eigenvalue weighted by molar-refractivity contribution is 5.24. The fourth-order valence-electron chi connectivity index (χ4n) is 2.84. The van der Waals surface area contributed by atoms with Crippen molar-refractivity contribution in [3.63, 3.8) is 0 Å². The van der Waals surface area contributed by atoms with E-state index in [0.717, 1.165) is 5.92 Å². The van der Waals surface area contributed by atoms with Crippen LogP contribution in [0.4, 0.5) is 0 Å². The van der Waals surface area contributed by atoms with E-state index in [2.05, 4.69) is 75.4 Å². The monoisotopic (exact) mass is 280 g/mol. The summed E-state index contributed by atoms with van der Waals surface area (Å²) in [6.07, 6.45) is 5.00. The smallest absolute Gasteiger partial charge is 0.0219 e. The van der Waals surface area contributed by atoms with Gasteiger partial charge >= 0.3 is 0 Å². The van der Waals surface area contributed by atoms with Gasteiger partial charge in [0.1, 0.15) is 0 Å².